The molecule has 1 N–H and O–H groups in total. The van der Waals surface area contributed by atoms with Crippen molar-refractivity contribution in [2.24, 2.45) is 0 Å². The van der Waals surface area contributed by atoms with Gasteiger partial charge in [0.25, 0.3) is 5.03 Å². The van der Waals surface area contributed by atoms with Crippen molar-refractivity contribution in [1.29, 1.82) is 5.26 Å². The summed E-state index contributed by atoms with van der Waals surface area (Å²) in [5.41, 5.74) is 2.84. The highest BCUT2D eigenvalue weighted by molar-refractivity contribution is 7.99. The molecule has 0 aliphatic heterocycles. The fourth-order valence-electron chi connectivity index (χ4n) is 1.24. The molecule has 0 spiro atoms. The maximum atomic E-state index is 8.98. The monoisotopic (exact) mass is 205 g/mol. The average Bonchev–Trinajstić information content (AvgIpc) is 2.14. The third-order valence-corrected chi connectivity index (χ3v) is 2.82. The van der Waals surface area contributed by atoms with Crippen LogP contribution in [0, 0.1) is 25.2 Å². The molecule has 0 amide bonds. The van der Waals surface area contributed by atoms with Gasteiger partial charge >= 0.3 is 0 Å². The molecule has 0 aromatic carbocycles. The Labute approximate surface area is 88.7 Å². The Bertz CT molecular complexity index is 391. The van der Waals surface area contributed by atoms with Gasteiger partial charge in [-0.1, -0.05) is 17.8 Å². The molecule has 0 radical (unpaired) electrons. The van der Waals surface area contributed by atoms with E-state index in [1.165, 1.54) is 0 Å². The average molecular weight is 205 g/mol. The van der Waals surface area contributed by atoms with Crippen molar-refractivity contribution in [3.8, 4) is 6.07 Å². The van der Waals surface area contributed by atoms with Gasteiger partial charge in [0.15, 0.2) is 5.69 Å². The van der Waals surface area contributed by atoms with Crippen molar-refractivity contribution in [1.82, 2.24) is 0 Å². The van der Waals surface area contributed by atoms with Gasteiger partial charge in [-0.05, 0) is 12.5 Å². The summed E-state index contributed by atoms with van der Waals surface area (Å²) in [4.78, 5) is 3.20. The summed E-state index contributed by atoms with van der Waals surface area (Å²) < 4.78 is 0. The summed E-state index contributed by atoms with van der Waals surface area (Å²) in [6.45, 7) is 7.61. The fourth-order valence-corrected chi connectivity index (χ4v) is 2.11. The van der Waals surface area contributed by atoms with Crippen LogP contribution in [0.2, 0.25) is 0 Å². The van der Waals surface area contributed by atoms with Crippen LogP contribution in [0.4, 0.5) is 0 Å². The van der Waals surface area contributed by atoms with Gasteiger partial charge in [-0.3, -0.25) is 0 Å². The number of hydrogen-bond acceptors (Lipinski definition) is 2. The number of pyridine rings is 1. The lowest BCUT2D eigenvalue weighted by molar-refractivity contribution is -0.435. The van der Waals surface area contributed by atoms with Crippen LogP contribution in [0.3, 0.4) is 0 Å². The molecule has 0 bridgehead atoms. The zero-order chi connectivity index (χ0) is 10.6. The number of nitrogens with zero attached hydrogens (tertiary/aromatic N) is 1. The first kappa shape index (κ1) is 10.8. The van der Waals surface area contributed by atoms with Gasteiger partial charge in [0.2, 0.25) is 0 Å². The summed E-state index contributed by atoms with van der Waals surface area (Å²) in [5.74, 6) is 0.814. The maximum Gasteiger partial charge on any atom is 0.257 e. The molecule has 0 unspecified atom stereocenters. The maximum absolute atomic E-state index is 8.98. The molecule has 72 valence electrons. The molecule has 14 heavy (non-hydrogen) atoms. The molecular weight excluding hydrogens is 192 g/mol. The van der Waals surface area contributed by atoms with E-state index in [4.69, 9.17) is 5.26 Å². The summed E-state index contributed by atoms with van der Waals surface area (Å²) in [6, 6.07) is 4.20. The molecular formula is C11H13N2S+. The number of hydrogen-bond donors (Lipinski definition) is 0. The Hall–Kier alpha value is -1.27. The predicted octanol–water partition coefficient (Wildman–Crippen LogP) is 2.27. The fraction of sp³-hybridized carbons (Fsp3) is 0.273. The number of nitriles is 1. The SMILES string of the molecule is C=CCSc1[nH+]c(C)cc(C)c1C#N. The molecule has 0 fully saturated rings. The first-order chi connectivity index (χ1) is 6.69. The van der Waals surface area contributed by atoms with Crippen LogP contribution in [0.1, 0.15) is 16.8 Å². The largest absolute Gasteiger partial charge is 0.257 e. The van der Waals surface area contributed by atoms with Crippen molar-refractivity contribution >= 4 is 11.8 Å². The van der Waals surface area contributed by atoms with Gasteiger partial charge in [-0.25, -0.2) is 4.98 Å². The Morgan fingerprint density at radius 1 is 1.64 bits per heavy atom. The van der Waals surface area contributed by atoms with Crippen LogP contribution < -0.4 is 4.98 Å². The van der Waals surface area contributed by atoms with Crippen LogP contribution in [-0.2, 0) is 0 Å². The van der Waals surface area contributed by atoms with Gasteiger partial charge in [-0.2, -0.15) is 5.26 Å². The lowest BCUT2D eigenvalue weighted by atomic mass is 10.1. The lowest BCUT2D eigenvalue weighted by Crippen LogP contribution is -2.14. The number of aromatic nitrogens is 1. The van der Waals surface area contributed by atoms with Crippen molar-refractivity contribution in [2.75, 3.05) is 5.75 Å². The quantitative estimate of drug-likeness (QED) is 0.561. The molecule has 1 aromatic heterocycles. The molecule has 0 aliphatic rings. The van der Waals surface area contributed by atoms with E-state index in [0.29, 0.717) is 0 Å². The van der Waals surface area contributed by atoms with Gasteiger partial charge in [0.05, 0.1) is 0 Å². The number of nitrogens with one attached hydrogen (secondary N) is 1. The Balaban J connectivity index is 3.12. The molecule has 1 heterocycles. The highest BCUT2D eigenvalue weighted by Crippen LogP contribution is 2.20. The number of aryl methyl sites for hydroxylation is 2. The van der Waals surface area contributed by atoms with Crippen LogP contribution in [0.25, 0.3) is 0 Å². The molecule has 0 saturated carbocycles. The van der Waals surface area contributed by atoms with Crippen molar-refractivity contribution in [3.05, 3.63) is 35.5 Å². The summed E-state index contributed by atoms with van der Waals surface area (Å²) in [6.07, 6.45) is 1.83. The van der Waals surface area contributed by atoms with E-state index in [2.05, 4.69) is 17.6 Å². The standard InChI is InChI=1S/C11H12N2S/c1-4-5-14-11-10(7-12)8(2)6-9(3)13-11/h4,6H,1,5H2,2-3H3/p+1. The Kier molecular flexibility index (Phi) is 3.73. The highest BCUT2D eigenvalue weighted by Gasteiger charge is 2.13. The summed E-state index contributed by atoms with van der Waals surface area (Å²) in [5, 5.41) is 9.92. The lowest BCUT2D eigenvalue weighted by Gasteiger charge is -1.99. The molecule has 0 atom stereocenters. The second-order valence-corrected chi connectivity index (χ2v) is 4.08. The number of H-pyrrole nitrogens is 1. The van der Waals surface area contributed by atoms with Crippen LogP contribution >= 0.6 is 11.8 Å². The normalized spacial score (nSPS) is 9.50. The third kappa shape index (κ3) is 2.36. The van der Waals surface area contributed by atoms with Gasteiger partial charge in [0, 0.05) is 18.7 Å². The van der Waals surface area contributed by atoms with E-state index in [1.54, 1.807) is 11.8 Å². The van der Waals surface area contributed by atoms with Gasteiger partial charge in [-0.15, -0.1) is 6.58 Å². The minimum Gasteiger partial charge on any atom is -0.202 e. The van der Waals surface area contributed by atoms with Crippen LogP contribution in [-0.4, -0.2) is 5.75 Å². The van der Waals surface area contributed by atoms with E-state index in [0.717, 1.165) is 27.6 Å². The van der Waals surface area contributed by atoms with E-state index in [-0.39, 0.29) is 0 Å². The first-order valence-corrected chi connectivity index (χ1v) is 5.35. The molecule has 0 saturated heterocycles. The van der Waals surface area contributed by atoms with Crippen molar-refractivity contribution in [2.45, 2.75) is 18.9 Å². The zero-order valence-electron chi connectivity index (χ0n) is 8.42. The summed E-state index contributed by atoms with van der Waals surface area (Å²) >= 11 is 1.60. The van der Waals surface area contributed by atoms with Crippen molar-refractivity contribution < 1.29 is 4.98 Å². The Morgan fingerprint density at radius 2 is 2.36 bits per heavy atom. The molecule has 1 rings (SSSR count). The first-order valence-electron chi connectivity index (χ1n) is 4.36. The predicted molar refractivity (Wildman–Crippen MR) is 58.1 cm³/mol. The van der Waals surface area contributed by atoms with Gasteiger partial charge in [0.1, 0.15) is 11.6 Å². The number of thioether (sulfide) groups is 1. The molecule has 0 aliphatic carbocycles. The number of rotatable bonds is 3. The van der Waals surface area contributed by atoms with Crippen LogP contribution in [0.15, 0.2) is 23.7 Å². The summed E-state index contributed by atoms with van der Waals surface area (Å²) in [7, 11) is 0. The Morgan fingerprint density at radius 3 is 2.93 bits per heavy atom. The van der Waals surface area contributed by atoms with E-state index in [9.17, 15) is 0 Å². The minimum absolute atomic E-state index is 0.738. The third-order valence-electron chi connectivity index (χ3n) is 1.82. The van der Waals surface area contributed by atoms with Gasteiger partial charge < -0.3 is 0 Å². The smallest absolute Gasteiger partial charge is 0.202 e. The highest BCUT2D eigenvalue weighted by atomic mass is 32.2. The zero-order valence-corrected chi connectivity index (χ0v) is 9.24. The van der Waals surface area contributed by atoms with E-state index in [1.807, 2.05) is 26.0 Å². The van der Waals surface area contributed by atoms with Crippen LogP contribution in [0.5, 0.6) is 0 Å². The molecule has 3 heteroatoms. The van der Waals surface area contributed by atoms with E-state index >= 15 is 0 Å². The number of aromatic amines is 1. The molecule has 1 aromatic rings. The molecule has 2 nitrogen and oxygen atoms in total. The van der Waals surface area contributed by atoms with E-state index < -0.39 is 0 Å². The van der Waals surface area contributed by atoms with Crippen molar-refractivity contribution in [3.63, 3.8) is 0 Å². The minimum atomic E-state index is 0.738. The topological polar surface area (TPSA) is 37.9 Å². The second kappa shape index (κ2) is 4.83. The second-order valence-electron chi connectivity index (χ2n) is 3.05.